The molecule has 0 radical (unpaired) electrons. The van der Waals surface area contributed by atoms with E-state index in [2.05, 4.69) is 0 Å². The lowest BCUT2D eigenvalue weighted by Gasteiger charge is -2.24. The Labute approximate surface area is 122 Å². The van der Waals surface area contributed by atoms with E-state index < -0.39 is 18.4 Å². The third-order valence-corrected chi connectivity index (χ3v) is 3.69. The number of ketones is 1. The van der Waals surface area contributed by atoms with Crippen molar-refractivity contribution in [2.45, 2.75) is 46.1 Å². The highest BCUT2D eigenvalue weighted by molar-refractivity contribution is 6.03. The normalized spacial score (nSPS) is 14.2. The molecule has 0 fully saturated rings. The molecule has 114 valence electrons. The third kappa shape index (κ3) is 2.84. The molecule has 1 amide bonds. The third-order valence-electron chi connectivity index (χ3n) is 3.69. The van der Waals surface area contributed by atoms with Gasteiger partial charge in [0.1, 0.15) is 12.3 Å². The lowest BCUT2D eigenvalue weighted by molar-refractivity contribution is -0.138. The minimum absolute atomic E-state index is 0.00844. The summed E-state index contributed by atoms with van der Waals surface area (Å²) < 4.78 is 5.58. The van der Waals surface area contributed by atoms with E-state index in [-0.39, 0.29) is 17.6 Å². The van der Waals surface area contributed by atoms with Gasteiger partial charge in [-0.2, -0.15) is 0 Å². The number of fused-ring (bicyclic) bond motifs is 1. The fourth-order valence-corrected chi connectivity index (χ4v) is 2.62. The standard InChI is InChI=1S/C15H19NO5/c1-8(2)16(7-12(18)19)15(20)14-9(3)13-10(17)5-4-6-11(13)21-14/h8H,4-7H2,1-3H3,(H,18,19). The zero-order chi connectivity index (χ0) is 15.7. The summed E-state index contributed by atoms with van der Waals surface area (Å²) in [4.78, 5) is 36.6. The van der Waals surface area contributed by atoms with Crippen LogP contribution in [0.25, 0.3) is 0 Å². The SMILES string of the molecule is Cc1c(C(=O)N(CC(=O)O)C(C)C)oc2c1C(=O)CCC2. The Balaban J connectivity index is 2.39. The molecule has 0 spiro atoms. The van der Waals surface area contributed by atoms with Gasteiger partial charge in [0.05, 0.1) is 5.56 Å². The van der Waals surface area contributed by atoms with Crippen LogP contribution in [0.5, 0.6) is 0 Å². The highest BCUT2D eigenvalue weighted by Crippen LogP contribution is 2.30. The van der Waals surface area contributed by atoms with Crippen LogP contribution in [0, 0.1) is 6.92 Å². The van der Waals surface area contributed by atoms with E-state index >= 15 is 0 Å². The highest BCUT2D eigenvalue weighted by Gasteiger charge is 2.32. The number of furan rings is 1. The highest BCUT2D eigenvalue weighted by atomic mass is 16.4. The first-order chi connectivity index (χ1) is 9.82. The van der Waals surface area contributed by atoms with Crippen LogP contribution in [0.1, 0.15) is 58.9 Å². The fraction of sp³-hybridized carbons (Fsp3) is 0.533. The topological polar surface area (TPSA) is 87.8 Å². The van der Waals surface area contributed by atoms with Gasteiger partial charge in [-0.05, 0) is 27.2 Å². The minimum atomic E-state index is -1.08. The smallest absolute Gasteiger partial charge is 0.323 e. The van der Waals surface area contributed by atoms with Crippen molar-refractivity contribution in [3.8, 4) is 0 Å². The number of amides is 1. The molecule has 6 heteroatoms. The van der Waals surface area contributed by atoms with E-state index in [0.717, 1.165) is 6.42 Å². The fourth-order valence-electron chi connectivity index (χ4n) is 2.62. The quantitative estimate of drug-likeness (QED) is 0.917. The number of hydrogen-bond acceptors (Lipinski definition) is 4. The monoisotopic (exact) mass is 293 g/mol. The maximum atomic E-state index is 12.5. The van der Waals surface area contributed by atoms with Gasteiger partial charge in [0.2, 0.25) is 0 Å². The molecule has 0 aromatic carbocycles. The molecular formula is C15H19NO5. The van der Waals surface area contributed by atoms with Crippen molar-refractivity contribution in [1.29, 1.82) is 0 Å². The summed E-state index contributed by atoms with van der Waals surface area (Å²) in [6, 6.07) is -0.272. The van der Waals surface area contributed by atoms with Crippen LogP contribution in [0.15, 0.2) is 4.42 Å². The summed E-state index contributed by atoms with van der Waals surface area (Å²) in [7, 11) is 0. The number of carboxylic acids is 1. The average Bonchev–Trinajstić information content (AvgIpc) is 2.73. The molecule has 1 aliphatic rings. The van der Waals surface area contributed by atoms with E-state index in [0.29, 0.717) is 29.7 Å². The molecule has 1 aromatic rings. The predicted molar refractivity (Wildman–Crippen MR) is 74.5 cm³/mol. The van der Waals surface area contributed by atoms with E-state index in [1.807, 2.05) is 0 Å². The van der Waals surface area contributed by atoms with Gasteiger partial charge in [-0.3, -0.25) is 14.4 Å². The van der Waals surface area contributed by atoms with Crippen LogP contribution in [-0.2, 0) is 11.2 Å². The number of aryl methyl sites for hydroxylation is 1. The number of carbonyl (C=O) groups is 3. The maximum absolute atomic E-state index is 12.5. The van der Waals surface area contributed by atoms with E-state index in [1.165, 1.54) is 4.90 Å². The van der Waals surface area contributed by atoms with Crippen LogP contribution in [0.3, 0.4) is 0 Å². The molecule has 6 nitrogen and oxygen atoms in total. The molecule has 0 aliphatic heterocycles. The van der Waals surface area contributed by atoms with E-state index in [1.54, 1.807) is 20.8 Å². The summed E-state index contributed by atoms with van der Waals surface area (Å²) in [5.74, 6) is -0.934. The number of rotatable bonds is 4. The predicted octanol–water partition coefficient (Wildman–Crippen LogP) is 2.04. The number of carboxylic acid groups (broad SMARTS) is 1. The number of carbonyl (C=O) groups excluding carboxylic acids is 2. The molecule has 0 atom stereocenters. The van der Waals surface area contributed by atoms with Gasteiger partial charge in [-0.15, -0.1) is 0 Å². The molecule has 0 saturated heterocycles. The van der Waals surface area contributed by atoms with Crippen LogP contribution < -0.4 is 0 Å². The summed E-state index contributed by atoms with van der Waals surface area (Å²) in [6.45, 7) is 4.77. The Morgan fingerprint density at radius 2 is 2.00 bits per heavy atom. The molecule has 1 N–H and O–H groups in total. The van der Waals surface area contributed by atoms with Gasteiger partial charge in [-0.1, -0.05) is 0 Å². The van der Waals surface area contributed by atoms with Crippen LogP contribution >= 0.6 is 0 Å². The lowest BCUT2D eigenvalue weighted by atomic mass is 9.94. The number of aliphatic carboxylic acids is 1. The van der Waals surface area contributed by atoms with Crippen molar-refractivity contribution in [1.82, 2.24) is 4.90 Å². The van der Waals surface area contributed by atoms with Crippen LogP contribution in [-0.4, -0.2) is 40.3 Å². The minimum Gasteiger partial charge on any atom is -0.480 e. The Hall–Kier alpha value is -2.11. The van der Waals surface area contributed by atoms with Gasteiger partial charge in [-0.25, -0.2) is 0 Å². The second-order valence-electron chi connectivity index (χ2n) is 5.55. The number of Topliss-reactive ketones (excluding diaryl/α,β-unsaturated/α-hetero) is 1. The second kappa shape index (κ2) is 5.71. The second-order valence-corrected chi connectivity index (χ2v) is 5.55. The number of hydrogen-bond donors (Lipinski definition) is 1. The van der Waals surface area contributed by atoms with E-state index in [9.17, 15) is 14.4 Å². The van der Waals surface area contributed by atoms with Gasteiger partial charge < -0.3 is 14.4 Å². The zero-order valence-electron chi connectivity index (χ0n) is 12.4. The largest absolute Gasteiger partial charge is 0.480 e. The zero-order valence-corrected chi connectivity index (χ0v) is 12.4. The molecule has 1 heterocycles. The summed E-state index contributed by atoms with van der Waals surface area (Å²) in [5.41, 5.74) is 1.03. The van der Waals surface area contributed by atoms with Crippen LogP contribution in [0.4, 0.5) is 0 Å². The van der Waals surface area contributed by atoms with Gasteiger partial charge in [0, 0.05) is 24.4 Å². The molecular weight excluding hydrogens is 274 g/mol. The Morgan fingerprint density at radius 1 is 1.33 bits per heavy atom. The molecule has 1 aromatic heterocycles. The van der Waals surface area contributed by atoms with Gasteiger partial charge >= 0.3 is 5.97 Å². The first kappa shape index (κ1) is 15.3. The van der Waals surface area contributed by atoms with Gasteiger partial charge in [0.25, 0.3) is 5.91 Å². The van der Waals surface area contributed by atoms with Crippen molar-refractivity contribution in [2.75, 3.05) is 6.54 Å². The van der Waals surface area contributed by atoms with E-state index in [4.69, 9.17) is 9.52 Å². The molecule has 2 rings (SSSR count). The molecule has 0 bridgehead atoms. The molecule has 0 saturated carbocycles. The molecule has 1 aliphatic carbocycles. The average molecular weight is 293 g/mol. The van der Waals surface area contributed by atoms with Crippen molar-refractivity contribution >= 4 is 17.7 Å². The molecule has 21 heavy (non-hydrogen) atoms. The van der Waals surface area contributed by atoms with Crippen molar-refractivity contribution < 1.29 is 23.9 Å². The first-order valence-corrected chi connectivity index (χ1v) is 7.01. The first-order valence-electron chi connectivity index (χ1n) is 7.01. The van der Waals surface area contributed by atoms with Crippen molar-refractivity contribution in [2.24, 2.45) is 0 Å². The van der Waals surface area contributed by atoms with Crippen molar-refractivity contribution in [3.63, 3.8) is 0 Å². The molecule has 0 unspecified atom stereocenters. The summed E-state index contributed by atoms with van der Waals surface area (Å²) in [6.07, 6.45) is 1.81. The van der Waals surface area contributed by atoms with Gasteiger partial charge in [0.15, 0.2) is 11.5 Å². The Bertz CT molecular complexity index is 599. The maximum Gasteiger partial charge on any atom is 0.323 e. The Morgan fingerprint density at radius 3 is 2.52 bits per heavy atom. The van der Waals surface area contributed by atoms with Crippen LogP contribution in [0.2, 0.25) is 0 Å². The van der Waals surface area contributed by atoms with Crippen molar-refractivity contribution in [3.05, 3.63) is 22.6 Å². The lowest BCUT2D eigenvalue weighted by Crippen LogP contribution is -2.40. The summed E-state index contributed by atoms with van der Waals surface area (Å²) >= 11 is 0. The summed E-state index contributed by atoms with van der Waals surface area (Å²) in [5, 5.41) is 8.92. The Kier molecular flexibility index (Phi) is 4.16. The number of nitrogens with zero attached hydrogens (tertiary/aromatic N) is 1.